The van der Waals surface area contributed by atoms with Gasteiger partial charge in [0, 0.05) is 11.9 Å². The maximum absolute atomic E-state index is 12.1. The minimum absolute atomic E-state index is 0.177. The van der Waals surface area contributed by atoms with Crippen LogP contribution in [0, 0.1) is 0 Å². The third-order valence-electron chi connectivity index (χ3n) is 4.04. The lowest BCUT2D eigenvalue weighted by Gasteiger charge is -2.07. The van der Waals surface area contributed by atoms with Crippen LogP contribution in [0.3, 0.4) is 0 Å². The zero-order chi connectivity index (χ0) is 19.9. The summed E-state index contributed by atoms with van der Waals surface area (Å²) < 4.78 is 6.93. The number of nitrogens with zero attached hydrogens (tertiary/aromatic N) is 2. The molecular formula is C21H19N3O4. The van der Waals surface area contributed by atoms with Gasteiger partial charge in [-0.3, -0.25) is 4.79 Å². The maximum Gasteiger partial charge on any atom is 0.335 e. The fourth-order valence-electron chi connectivity index (χ4n) is 2.70. The van der Waals surface area contributed by atoms with Crippen LogP contribution < -0.4 is 10.2 Å². The summed E-state index contributed by atoms with van der Waals surface area (Å²) in [4.78, 5) is 23.2. The Hall–Kier alpha value is -3.87. The van der Waals surface area contributed by atoms with Crippen molar-refractivity contribution >= 4 is 18.1 Å². The molecule has 0 aliphatic carbocycles. The molecule has 7 nitrogen and oxygen atoms in total. The molecule has 142 valence electrons. The van der Waals surface area contributed by atoms with E-state index in [9.17, 15) is 9.59 Å². The van der Waals surface area contributed by atoms with Crippen LogP contribution in [-0.4, -0.2) is 34.9 Å². The lowest BCUT2D eigenvalue weighted by Crippen LogP contribution is -2.20. The Balaban J connectivity index is 1.67. The molecule has 1 heterocycles. The number of methoxy groups -OCH3 is 1. The highest BCUT2D eigenvalue weighted by Gasteiger charge is 2.07. The van der Waals surface area contributed by atoms with Crippen molar-refractivity contribution in [2.45, 2.75) is 6.42 Å². The molecule has 2 aromatic carbocycles. The van der Waals surface area contributed by atoms with Crippen LogP contribution in [0.15, 0.2) is 72.0 Å². The van der Waals surface area contributed by atoms with E-state index in [-0.39, 0.29) is 17.9 Å². The van der Waals surface area contributed by atoms with E-state index in [0.717, 1.165) is 5.56 Å². The first-order valence-corrected chi connectivity index (χ1v) is 8.53. The molecular weight excluding hydrogens is 358 g/mol. The Morgan fingerprint density at radius 2 is 1.96 bits per heavy atom. The molecule has 1 aromatic heterocycles. The summed E-state index contributed by atoms with van der Waals surface area (Å²) >= 11 is 0. The highest BCUT2D eigenvalue weighted by Crippen LogP contribution is 2.14. The summed E-state index contributed by atoms with van der Waals surface area (Å²) in [5.41, 5.74) is 4.90. The van der Waals surface area contributed by atoms with Gasteiger partial charge in [0.25, 0.3) is 0 Å². The Kier molecular flexibility index (Phi) is 5.86. The van der Waals surface area contributed by atoms with Gasteiger partial charge in [-0.25, -0.2) is 10.2 Å². The van der Waals surface area contributed by atoms with E-state index >= 15 is 0 Å². The monoisotopic (exact) mass is 377 g/mol. The van der Waals surface area contributed by atoms with E-state index in [1.54, 1.807) is 42.1 Å². The van der Waals surface area contributed by atoms with Crippen LogP contribution in [0.25, 0.3) is 5.69 Å². The van der Waals surface area contributed by atoms with E-state index in [4.69, 9.17) is 9.84 Å². The van der Waals surface area contributed by atoms with Crippen LogP contribution >= 0.6 is 0 Å². The fourth-order valence-corrected chi connectivity index (χ4v) is 2.70. The molecule has 0 aliphatic rings. The largest absolute Gasteiger partial charge is 0.497 e. The Morgan fingerprint density at radius 3 is 2.75 bits per heavy atom. The number of carbonyl (C=O) groups excluding carboxylic acids is 1. The summed E-state index contributed by atoms with van der Waals surface area (Å²) in [5, 5.41) is 13.1. The lowest BCUT2D eigenvalue weighted by atomic mass is 10.1. The standard InChI is InChI=1S/C21H19N3O4/c1-28-19-9-2-5-15(11-19)12-20(25)23-22-14-18-8-4-10-24(18)17-7-3-6-16(13-17)21(26)27/h2-11,13-14H,12H2,1H3,(H,23,25)(H,26,27)/b22-14+. The van der Waals surface area contributed by atoms with Crippen molar-refractivity contribution in [3.63, 3.8) is 0 Å². The summed E-state index contributed by atoms with van der Waals surface area (Å²) in [7, 11) is 1.57. The fraction of sp³-hybridized carbons (Fsp3) is 0.0952. The lowest BCUT2D eigenvalue weighted by molar-refractivity contribution is -0.120. The molecule has 1 amide bonds. The van der Waals surface area contributed by atoms with Gasteiger partial charge in [0.15, 0.2) is 0 Å². The average Bonchev–Trinajstić information content (AvgIpc) is 3.16. The number of hydrazone groups is 1. The molecule has 0 radical (unpaired) electrons. The third kappa shape index (κ3) is 4.64. The Labute approximate surface area is 161 Å². The number of carboxylic acids is 1. The van der Waals surface area contributed by atoms with Gasteiger partial charge in [-0.1, -0.05) is 18.2 Å². The summed E-state index contributed by atoms with van der Waals surface area (Å²) in [5.74, 6) is -0.556. The molecule has 0 bridgehead atoms. The number of nitrogens with one attached hydrogen (secondary N) is 1. The highest BCUT2D eigenvalue weighted by atomic mass is 16.5. The summed E-state index contributed by atoms with van der Waals surface area (Å²) in [6.07, 6.45) is 3.48. The molecule has 0 saturated carbocycles. The quantitative estimate of drug-likeness (QED) is 0.489. The number of hydrogen-bond donors (Lipinski definition) is 2. The van der Waals surface area contributed by atoms with Crippen LogP contribution in [0.2, 0.25) is 0 Å². The second-order valence-corrected chi connectivity index (χ2v) is 5.98. The molecule has 28 heavy (non-hydrogen) atoms. The van der Waals surface area contributed by atoms with Crippen LogP contribution in [0.1, 0.15) is 21.6 Å². The van der Waals surface area contributed by atoms with E-state index < -0.39 is 5.97 Å². The smallest absolute Gasteiger partial charge is 0.335 e. The van der Waals surface area contributed by atoms with Gasteiger partial charge in [-0.05, 0) is 48.0 Å². The van der Waals surface area contributed by atoms with Crippen molar-refractivity contribution in [3.8, 4) is 11.4 Å². The SMILES string of the molecule is COc1cccc(CC(=O)N/N=C/c2cccn2-c2cccc(C(=O)O)c2)c1. The van der Waals surface area contributed by atoms with Gasteiger partial charge < -0.3 is 14.4 Å². The summed E-state index contributed by atoms with van der Waals surface area (Å²) in [6, 6.07) is 17.5. The third-order valence-corrected chi connectivity index (χ3v) is 4.04. The number of aromatic nitrogens is 1. The number of ether oxygens (including phenoxy) is 1. The molecule has 2 N–H and O–H groups in total. The van der Waals surface area contributed by atoms with E-state index in [0.29, 0.717) is 17.1 Å². The molecule has 0 atom stereocenters. The number of carbonyl (C=O) groups is 2. The van der Waals surface area contributed by atoms with Gasteiger partial charge in [-0.2, -0.15) is 5.10 Å². The molecule has 0 aliphatic heterocycles. The van der Waals surface area contributed by atoms with Crippen molar-refractivity contribution in [2.75, 3.05) is 7.11 Å². The first-order chi connectivity index (χ1) is 13.6. The minimum Gasteiger partial charge on any atom is -0.497 e. The van der Waals surface area contributed by atoms with Gasteiger partial charge in [0.1, 0.15) is 5.75 Å². The van der Waals surface area contributed by atoms with Gasteiger partial charge in [-0.15, -0.1) is 0 Å². The average molecular weight is 377 g/mol. The molecule has 3 rings (SSSR count). The Morgan fingerprint density at radius 1 is 1.14 bits per heavy atom. The Bertz CT molecular complexity index is 1020. The van der Waals surface area contributed by atoms with Gasteiger partial charge in [0.2, 0.25) is 5.91 Å². The van der Waals surface area contributed by atoms with Crippen molar-refractivity contribution in [3.05, 3.63) is 83.7 Å². The number of benzene rings is 2. The van der Waals surface area contributed by atoms with Gasteiger partial charge in [0.05, 0.1) is 31.0 Å². The second-order valence-electron chi connectivity index (χ2n) is 5.98. The van der Waals surface area contributed by atoms with E-state index in [1.165, 1.54) is 12.3 Å². The maximum atomic E-state index is 12.1. The second kappa shape index (κ2) is 8.68. The van der Waals surface area contributed by atoms with Crippen molar-refractivity contribution in [1.82, 2.24) is 9.99 Å². The van der Waals surface area contributed by atoms with Crippen LogP contribution in [-0.2, 0) is 11.2 Å². The van der Waals surface area contributed by atoms with Crippen molar-refractivity contribution < 1.29 is 19.4 Å². The highest BCUT2D eigenvalue weighted by molar-refractivity contribution is 5.88. The summed E-state index contributed by atoms with van der Waals surface area (Å²) in [6.45, 7) is 0. The molecule has 0 saturated heterocycles. The normalized spacial score (nSPS) is 10.8. The number of amides is 1. The van der Waals surface area contributed by atoms with E-state index in [2.05, 4.69) is 10.5 Å². The zero-order valence-corrected chi connectivity index (χ0v) is 15.2. The topological polar surface area (TPSA) is 92.9 Å². The molecule has 3 aromatic rings. The first kappa shape index (κ1) is 18.9. The minimum atomic E-state index is -0.992. The van der Waals surface area contributed by atoms with E-state index in [1.807, 2.05) is 30.3 Å². The van der Waals surface area contributed by atoms with Crippen LogP contribution in [0.5, 0.6) is 5.75 Å². The van der Waals surface area contributed by atoms with Gasteiger partial charge >= 0.3 is 5.97 Å². The molecule has 0 spiro atoms. The number of rotatable bonds is 7. The zero-order valence-electron chi connectivity index (χ0n) is 15.2. The number of carboxylic acid groups (broad SMARTS) is 1. The molecule has 0 fully saturated rings. The number of hydrogen-bond acceptors (Lipinski definition) is 4. The number of aromatic carboxylic acids is 1. The predicted molar refractivity (Wildman–Crippen MR) is 105 cm³/mol. The first-order valence-electron chi connectivity index (χ1n) is 8.53. The molecule has 0 unspecified atom stereocenters. The predicted octanol–water partition coefficient (Wildman–Crippen LogP) is 2.88. The van der Waals surface area contributed by atoms with Crippen molar-refractivity contribution in [2.24, 2.45) is 5.10 Å². The van der Waals surface area contributed by atoms with Crippen LogP contribution in [0.4, 0.5) is 0 Å². The molecule has 7 heteroatoms. The van der Waals surface area contributed by atoms with Crippen molar-refractivity contribution in [1.29, 1.82) is 0 Å².